The lowest BCUT2D eigenvalue weighted by Crippen LogP contribution is -2.20. The van der Waals surface area contributed by atoms with Crippen LogP contribution >= 0.6 is 0 Å². The summed E-state index contributed by atoms with van der Waals surface area (Å²) in [5.74, 6) is 0. The first-order chi connectivity index (χ1) is 9.95. The molecule has 2 aliphatic carbocycles. The lowest BCUT2D eigenvalue weighted by molar-refractivity contribution is -0.355. The summed E-state index contributed by atoms with van der Waals surface area (Å²) in [6.07, 6.45) is 22.0. The second-order valence-corrected chi connectivity index (χ2v) is 6.83. The van der Waals surface area contributed by atoms with Gasteiger partial charge in [-0.2, -0.15) is 0 Å². The van der Waals surface area contributed by atoms with Gasteiger partial charge in [-0.25, -0.2) is 9.78 Å². The van der Waals surface area contributed by atoms with Crippen LogP contribution < -0.4 is 0 Å². The van der Waals surface area contributed by atoms with Crippen molar-refractivity contribution in [2.75, 3.05) is 0 Å². The first-order valence-corrected chi connectivity index (χ1v) is 9.27. The Hall–Kier alpha value is -0.0800. The normalized spacial score (nSPS) is 25.8. The van der Waals surface area contributed by atoms with E-state index >= 15 is 0 Å². The molecular weight excluding hydrogens is 248 g/mol. The van der Waals surface area contributed by atoms with Gasteiger partial charge in [0, 0.05) is 0 Å². The molecule has 0 unspecified atom stereocenters. The fraction of sp³-hybridized carbons (Fsp3) is 1.00. The van der Waals surface area contributed by atoms with E-state index in [4.69, 9.17) is 9.78 Å². The van der Waals surface area contributed by atoms with E-state index < -0.39 is 0 Å². The molecule has 0 saturated heterocycles. The molecule has 118 valence electrons. The third-order valence-electron chi connectivity index (χ3n) is 4.93. The van der Waals surface area contributed by atoms with E-state index in [9.17, 15) is 0 Å². The van der Waals surface area contributed by atoms with Crippen molar-refractivity contribution in [3.63, 3.8) is 0 Å². The maximum atomic E-state index is 5.85. The summed E-state index contributed by atoms with van der Waals surface area (Å²) in [5, 5.41) is 0. The lowest BCUT2D eigenvalue weighted by atomic mass is 10.1. The molecule has 20 heavy (non-hydrogen) atoms. The summed E-state index contributed by atoms with van der Waals surface area (Å²) < 4.78 is 0. The molecule has 2 nitrogen and oxygen atoms in total. The van der Waals surface area contributed by atoms with Crippen LogP contribution in [0.25, 0.3) is 0 Å². The van der Waals surface area contributed by atoms with Crippen molar-refractivity contribution in [1.82, 2.24) is 0 Å². The van der Waals surface area contributed by atoms with Gasteiger partial charge in [-0.05, 0) is 25.7 Å². The summed E-state index contributed by atoms with van der Waals surface area (Å²) >= 11 is 0. The predicted molar refractivity (Wildman–Crippen MR) is 83.6 cm³/mol. The highest BCUT2D eigenvalue weighted by Gasteiger charge is 2.17. The van der Waals surface area contributed by atoms with Crippen LogP contribution in [0.5, 0.6) is 0 Å². The Kier molecular flexibility index (Phi) is 8.65. The van der Waals surface area contributed by atoms with Crippen molar-refractivity contribution in [3.05, 3.63) is 0 Å². The minimum absolute atomic E-state index is 0.362. The van der Waals surface area contributed by atoms with Gasteiger partial charge in [-0.15, -0.1) is 0 Å². The SMILES string of the molecule is C1CCCCC(OOC2CCCCCCCC2)CCC1. The molecule has 0 aromatic heterocycles. The summed E-state index contributed by atoms with van der Waals surface area (Å²) in [4.78, 5) is 11.7. The smallest absolute Gasteiger partial charge is 0.0930 e. The third kappa shape index (κ3) is 7.08. The highest BCUT2D eigenvalue weighted by atomic mass is 17.2. The average Bonchev–Trinajstić information content (AvgIpc) is 2.68. The second kappa shape index (κ2) is 10.6. The minimum Gasteiger partial charge on any atom is -0.233 e. The van der Waals surface area contributed by atoms with Crippen LogP contribution in [-0.2, 0) is 9.78 Å². The zero-order chi connectivity index (χ0) is 13.9. The number of rotatable bonds is 3. The molecule has 0 aromatic rings. The molecule has 2 heteroatoms. The molecule has 0 spiro atoms. The van der Waals surface area contributed by atoms with Crippen LogP contribution in [0.3, 0.4) is 0 Å². The first-order valence-electron chi connectivity index (χ1n) is 9.27. The predicted octanol–water partition coefficient (Wildman–Crippen LogP) is 5.94. The Bertz CT molecular complexity index is 185. The van der Waals surface area contributed by atoms with E-state index in [0.29, 0.717) is 12.2 Å². The third-order valence-corrected chi connectivity index (χ3v) is 4.93. The van der Waals surface area contributed by atoms with Gasteiger partial charge in [0.15, 0.2) is 0 Å². The molecule has 0 aliphatic heterocycles. The Morgan fingerprint density at radius 2 is 0.600 bits per heavy atom. The van der Waals surface area contributed by atoms with Crippen LogP contribution in [-0.4, -0.2) is 12.2 Å². The largest absolute Gasteiger partial charge is 0.233 e. The summed E-state index contributed by atoms with van der Waals surface area (Å²) in [7, 11) is 0. The van der Waals surface area contributed by atoms with Crippen LogP contribution in [0.4, 0.5) is 0 Å². The van der Waals surface area contributed by atoms with Gasteiger partial charge < -0.3 is 0 Å². The first kappa shape index (κ1) is 16.3. The van der Waals surface area contributed by atoms with Crippen molar-refractivity contribution < 1.29 is 9.78 Å². The molecule has 2 rings (SSSR count). The van der Waals surface area contributed by atoms with Gasteiger partial charge in [-0.3, -0.25) is 0 Å². The molecule has 0 N–H and O–H groups in total. The Morgan fingerprint density at radius 3 is 0.900 bits per heavy atom. The van der Waals surface area contributed by atoms with Crippen LogP contribution in [0.15, 0.2) is 0 Å². The van der Waals surface area contributed by atoms with E-state index in [2.05, 4.69) is 0 Å². The summed E-state index contributed by atoms with van der Waals surface area (Å²) in [6, 6.07) is 0. The molecule has 0 radical (unpaired) electrons. The zero-order valence-corrected chi connectivity index (χ0v) is 13.3. The van der Waals surface area contributed by atoms with Crippen LogP contribution in [0, 0.1) is 0 Å². The molecular formula is C18H34O2. The minimum atomic E-state index is 0.362. The maximum absolute atomic E-state index is 5.85. The fourth-order valence-electron chi connectivity index (χ4n) is 3.54. The van der Waals surface area contributed by atoms with Crippen molar-refractivity contribution in [2.24, 2.45) is 0 Å². The van der Waals surface area contributed by atoms with Crippen molar-refractivity contribution in [3.8, 4) is 0 Å². The molecule has 0 aromatic carbocycles. The summed E-state index contributed by atoms with van der Waals surface area (Å²) in [6.45, 7) is 0. The van der Waals surface area contributed by atoms with Gasteiger partial charge in [-0.1, -0.05) is 77.0 Å². The van der Waals surface area contributed by atoms with E-state index in [1.54, 1.807) is 0 Å². The lowest BCUT2D eigenvalue weighted by Gasteiger charge is -2.21. The van der Waals surface area contributed by atoms with Gasteiger partial charge >= 0.3 is 0 Å². The van der Waals surface area contributed by atoms with E-state index in [1.165, 1.54) is 103 Å². The van der Waals surface area contributed by atoms with Crippen molar-refractivity contribution in [1.29, 1.82) is 0 Å². The van der Waals surface area contributed by atoms with Crippen molar-refractivity contribution in [2.45, 2.75) is 115 Å². The van der Waals surface area contributed by atoms with Gasteiger partial charge in [0.1, 0.15) is 0 Å². The van der Waals surface area contributed by atoms with E-state index in [-0.39, 0.29) is 0 Å². The molecule has 2 fully saturated rings. The highest BCUT2D eigenvalue weighted by molar-refractivity contribution is 4.63. The van der Waals surface area contributed by atoms with E-state index in [0.717, 1.165) is 0 Å². The molecule has 0 heterocycles. The molecule has 2 aliphatic rings. The molecule has 0 bridgehead atoms. The quantitative estimate of drug-likeness (QED) is 0.471. The van der Waals surface area contributed by atoms with Crippen LogP contribution in [0.1, 0.15) is 103 Å². The van der Waals surface area contributed by atoms with Gasteiger partial charge in [0.2, 0.25) is 0 Å². The number of hydrogen-bond donors (Lipinski definition) is 0. The summed E-state index contributed by atoms with van der Waals surface area (Å²) in [5.41, 5.74) is 0. The highest BCUT2D eigenvalue weighted by Crippen LogP contribution is 2.23. The van der Waals surface area contributed by atoms with Crippen LogP contribution in [0.2, 0.25) is 0 Å². The van der Waals surface area contributed by atoms with Crippen molar-refractivity contribution >= 4 is 0 Å². The standard InChI is InChI=1S/C18H34O2/c1-2-6-10-14-17(13-9-5-1)19-20-18-15-11-7-3-4-8-12-16-18/h17-18H,1-16H2. The molecule has 0 atom stereocenters. The Morgan fingerprint density at radius 1 is 0.350 bits per heavy atom. The Labute approximate surface area is 125 Å². The van der Waals surface area contributed by atoms with Gasteiger partial charge in [0.05, 0.1) is 12.2 Å². The average molecular weight is 282 g/mol. The van der Waals surface area contributed by atoms with Gasteiger partial charge in [0.25, 0.3) is 0 Å². The van der Waals surface area contributed by atoms with E-state index in [1.807, 2.05) is 0 Å². The zero-order valence-electron chi connectivity index (χ0n) is 13.3. The maximum Gasteiger partial charge on any atom is 0.0930 e. The monoisotopic (exact) mass is 282 g/mol. The second-order valence-electron chi connectivity index (χ2n) is 6.83. The topological polar surface area (TPSA) is 18.5 Å². The molecule has 0 amide bonds. The Balaban J connectivity index is 1.67. The molecule has 2 saturated carbocycles. The fourth-order valence-corrected chi connectivity index (χ4v) is 3.54. The number of hydrogen-bond acceptors (Lipinski definition) is 2.